The molecule has 9 nitrogen and oxygen atoms in total. The Kier molecular flexibility index (Phi) is 7.35. The number of rotatable bonds is 6. The molecule has 1 amide bonds. The fourth-order valence-corrected chi connectivity index (χ4v) is 6.69. The van der Waals surface area contributed by atoms with Gasteiger partial charge in [0.25, 0.3) is 0 Å². The molecular formula is C26H30F3N5O4S. The van der Waals surface area contributed by atoms with Gasteiger partial charge in [-0.2, -0.15) is 15.7 Å². The molecule has 0 radical (unpaired) electrons. The largest absolute Gasteiger partial charge is 0.390 e. The Hall–Kier alpha value is -3.13. The number of nitrogens with two attached hydrogens (primary N) is 1. The van der Waals surface area contributed by atoms with Crippen molar-refractivity contribution in [3.63, 3.8) is 0 Å². The smallest absolute Gasteiger partial charge is 0.249 e. The minimum absolute atomic E-state index is 0.0371. The van der Waals surface area contributed by atoms with Crippen molar-refractivity contribution in [1.29, 1.82) is 0 Å². The zero-order valence-electron chi connectivity index (χ0n) is 21.0. The molecule has 13 heteroatoms. The zero-order valence-corrected chi connectivity index (χ0v) is 21.8. The van der Waals surface area contributed by atoms with Crippen molar-refractivity contribution in [2.45, 2.75) is 37.7 Å². The minimum atomic E-state index is -3.03. The molecule has 2 unspecified atom stereocenters. The summed E-state index contributed by atoms with van der Waals surface area (Å²) in [4.78, 5) is 18.4. The molecule has 1 saturated heterocycles. The molecular weight excluding hydrogens is 535 g/mol. The van der Waals surface area contributed by atoms with E-state index in [-0.39, 0.29) is 23.7 Å². The fourth-order valence-electron chi connectivity index (χ4n) is 5.46. The number of hydrogen-bond acceptors (Lipinski definition) is 7. The molecule has 3 heterocycles. The van der Waals surface area contributed by atoms with Crippen LogP contribution in [0.15, 0.2) is 42.6 Å². The van der Waals surface area contributed by atoms with E-state index in [2.05, 4.69) is 10.1 Å². The number of benzene rings is 1. The summed E-state index contributed by atoms with van der Waals surface area (Å²) in [5, 5.41) is 15.1. The van der Waals surface area contributed by atoms with Gasteiger partial charge >= 0.3 is 0 Å². The lowest BCUT2D eigenvalue weighted by Crippen LogP contribution is -2.39. The van der Waals surface area contributed by atoms with Gasteiger partial charge in [-0.25, -0.2) is 22.8 Å². The number of aliphatic hydroxyl groups excluding tert-OH is 1. The molecule has 1 aromatic carbocycles. The number of amides is 1. The van der Waals surface area contributed by atoms with Crippen LogP contribution in [0.5, 0.6) is 0 Å². The van der Waals surface area contributed by atoms with E-state index in [1.54, 1.807) is 12.1 Å². The summed E-state index contributed by atoms with van der Waals surface area (Å²) in [7, 11) is -2.55. The molecule has 1 aliphatic heterocycles. The van der Waals surface area contributed by atoms with Crippen LogP contribution < -0.4 is 10.6 Å². The minimum Gasteiger partial charge on any atom is -0.390 e. The Morgan fingerprint density at radius 1 is 1.13 bits per heavy atom. The Bertz CT molecular complexity index is 1340. The van der Waals surface area contributed by atoms with Gasteiger partial charge in [0.2, 0.25) is 11.8 Å². The summed E-state index contributed by atoms with van der Waals surface area (Å²) < 4.78 is 63.4. The van der Waals surface area contributed by atoms with Gasteiger partial charge in [0.1, 0.15) is 5.82 Å². The standard InChI is InChI=1S/C26H30F3N5O4S/c27-17-3-6-22(31-14-17)34-21(15-35)23(24(32-34)19-7-8-26(28,29)13-20(19)25(30)36)16-1-4-18(5-2-16)33-9-11-39(37,38)12-10-33/h1-6,14,19-20,35,37-38H,7-13,15H2,(H2,30,36). The van der Waals surface area contributed by atoms with Crippen molar-refractivity contribution in [2.24, 2.45) is 11.7 Å². The number of halogens is 3. The summed E-state index contributed by atoms with van der Waals surface area (Å²) in [6.07, 6.45) is -0.169. The Labute approximate surface area is 224 Å². The molecule has 5 N–H and O–H groups in total. The van der Waals surface area contributed by atoms with E-state index in [0.717, 1.165) is 11.9 Å². The number of primary amides is 1. The van der Waals surface area contributed by atoms with Crippen molar-refractivity contribution >= 4 is 22.2 Å². The van der Waals surface area contributed by atoms with Crippen molar-refractivity contribution in [3.05, 3.63) is 59.8 Å². The second-order valence-electron chi connectivity index (χ2n) is 10.1. The van der Waals surface area contributed by atoms with Gasteiger partial charge < -0.3 is 15.7 Å². The van der Waals surface area contributed by atoms with E-state index in [4.69, 9.17) is 5.73 Å². The van der Waals surface area contributed by atoms with E-state index in [9.17, 15) is 32.2 Å². The Balaban J connectivity index is 1.59. The lowest BCUT2D eigenvalue weighted by atomic mass is 9.74. The van der Waals surface area contributed by atoms with E-state index in [0.29, 0.717) is 35.6 Å². The van der Waals surface area contributed by atoms with Crippen molar-refractivity contribution in [2.75, 3.05) is 29.5 Å². The van der Waals surface area contributed by atoms with E-state index < -0.39 is 59.5 Å². The van der Waals surface area contributed by atoms with Crippen LogP contribution in [0, 0.1) is 11.7 Å². The zero-order chi connectivity index (χ0) is 27.9. The van der Waals surface area contributed by atoms with Crippen LogP contribution in [0.2, 0.25) is 0 Å². The lowest BCUT2D eigenvalue weighted by Gasteiger charge is -2.41. The van der Waals surface area contributed by atoms with Gasteiger partial charge in [0, 0.05) is 43.1 Å². The second kappa shape index (κ2) is 10.5. The lowest BCUT2D eigenvalue weighted by molar-refractivity contribution is -0.130. The number of nitrogens with zero attached hydrogens (tertiary/aromatic N) is 4. The summed E-state index contributed by atoms with van der Waals surface area (Å²) in [5.74, 6) is -5.56. The van der Waals surface area contributed by atoms with Gasteiger partial charge in [-0.05, 0) is 36.2 Å². The van der Waals surface area contributed by atoms with Gasteiger partial charge in [-0.1, -0.05) is 12.1 Å². The Morgan fingerprint density at radius 2 is 1.82 bits per heavy atom. The molecule has 1 aliphatic carbocycles. The predicted molar refractivity (Wildman–Crippen MR) is 142 cm³/mol. The first kappa shape index (κ1) is 27.4. The maximum Gasteiger partial charge on any atom is 0.249 e. The first-order valence-electron chi connectivity index (χ1n) is 12.6. The molecule has 2 aromatic heterocycles. The van der Waals surface area contributed by atoms with Crippen LogP contribution in [0.4, 0.5) is 18.9 Å². The number of aliphatic hydroxyl groups is 1. The molecule has 2 fully saturated rings. The third-order valence-electron chi connectivity index (χ3n) is 7.53. The molecule has 2 atom stereocenters. The van der Waals surface area contributed by atoms with Gasteiger partial charge in [-0.15, -0.1) is 0 Å². The molecule has 5 rings (SSSR count). The van der Waals surface area contributed by atoms with Crippen molar-refractivity contribution < 1.29 is 32.2 Å². The molecule has 1 saturated carbocycles. The molecule has 0 spiro atoms. The highest BCUT2D eigenvalue weighted by Crippen LogP contribution is 2.48. The number of pyridine rings is 1. The Morgan fingerprint density at radius 3 is 2.41 bits per heavy atom. The number of carbonyl (C=O) groups is 1. The van der Waals surface area contributed by atoms with Crippen LogP contribution in [-0.4, -0.2) is 65.4 Å². The van der Waals surface area contributed by atoms with Crippen LogP contribution in [0.3, 0.4) is 0 Å². The second-order valence-corrected chi connectivity index (χ2v) is 12.5. The third kappa shape index (κ3) is 5.62. The van der Waals surface area contributed by atoms with Crippen LogP contribution >= 0.6 is 10.6 Å². The number of aromatic nitrogens is 3. The van der Waals surface area contributed by atoms with Crippen molar-refractivity contribution in [3.8, 4) is 16.9 Å². The van der Waals surface area contributed by atoms with Crippen LogP contribution in [0.25, 0.3) is 16.9 Å². The number of alkyl halides is 2. The predicted octanol–water partition coefficient (Wildman–Crippen LogP) is 4.14. The summed E-state index contributed by atoms with van der Waals surface area (Å²) in [5.41, 5.74) is 8.20. The fraction of sp³-hybridized carbons (Fsp3) is 0.423. The first-order valence-corrected chi connectivity index (χ1v) is 14.5. The summed E-state index contributed by atoms with van der Waals surface area (Å²) in [6.45, 7) is 0.483. The number of hydrogen-bond donors (Lipinski definition) is 4. The SMILES string of the molecule is NC(=O)C1CC(F)(F)CCC1c1nn(-c2ccc(F)cn2)c(CO)c1-c1ccc(N2CCS(O)(O)CC2)cc1. The first-order chi connectivity index (χ1) is 18.5. The molecule has 39 heavy (non-hydrogen) atoms. The maximum absolute atomic E-state index is 14.3. The highest BCUT2D eigenvalue weighted by atomic mass is 32.3. The number of anilines is 1. The van der Waals surface area contributed by atoms with E-state index in [1.807, 2.05) is 17.0 Å². The monoisotopic (exact) mass is 565 g/mol. The van der Waals surface area contributed by atoms with Crippen molar-refractivity contribution in [1.82, 2.24) is 14.8 Å². The topological polar surface area (TPSA) is 138 Å². The molecule has 0 bridgehead atoms. The van der Waals surface area contributed by atoms with Gasteiger partial charge in [0.05, 0.1) is 41.6 Å². The average Bonchev–Trinajstić information content (AvgIpc) is 3.28. The van der Waals surface area contributed by atoms with Gasteiger partial charge in [0.15, 0.2) is 5.82 Å². The average molecular weight is 566 g/mol. The van der Waals surface area contributed by atoms with Gasteiger partial charge in [-0.3, -0.25) is 13.9 Å². The third-order valence-corrected chi connectivity index (χ3v) is 9.20. The molecule has 3 aromatic rings. The summed E-state index contributed by atoms with van der Waals surface area (Å²) >= 11 is 0. The number of carbonyl (C=O) groups excluding carboxylic acids is 1. The normalized spacial score (nSPS) is 23.4. The summed E-state index contributed by atoms with van der Waals surface area (Å²) in [6, 6.07) is 9.90. The molecule has 210 valence electrons. The maximum atomic E-state index is 14.3. The van der Waals surface area contributed by atoms with E-state index in [1.165, 1.54) is 16.8 Å². The van der Waals surface area contributed by atoms with Crippen LogP contribution in [0.1, 0.15) is 36.6 Å². The van der Waals surface area contributed by atoms with Crippen LogP contribution in [-0.2, 0) is 11.4 Å². The highest BCUT2D eigenvalue weighted by Gasteiger charge is 2.46. The quantitative estimate of drug-likeness (QED) is 0.353. The molecule has 2 aliphatic rings. The highest BCUT2D eigenvalue weighted by molar-refractivity contribution is 8.24. The van der Waals surface area contributed by atoms with E-state index >= 15 is 0 Å².